The maximum absolute atomic E-state index is 10.6. The Morgan fingerprint density at radius 2 is 1.14 bits per heavy atom. The zero-order valence-corrected chi connectivity index (χ0v) is 22.2. The van der Waals surface area contributed by atoms with E-state index in [-0.39, 0.29) is 0 Å². The number of aryl methyl sites for hydroxylation is 1. The van der Waals surface area contributed by atoms with Gasteiger partial charge >= 0.3 is 11.9 Å². The molecule has 0 radical (unpaired) electrons. The first kappa shape index (κ1) is 31.0. The second-order valence-electron chi connectivity index (χ2n) is 9.83. The van der Waals surface area contributed by atoms with E-state index in [1.165, 1.54) is 62.5 Å². The summed E-state index contributed by atoms with van der Waals surface area (Å²) in [5, 5.41) is 17.4. The smallest absolute Gasteiger partial charge is 0.303 e. The van der Waals surface area contributed by atoms with Gasteiger partial charge in [-0.2, -0.15) is 0 Å². The highest BCUT2D eigenvalue weighted by molar-refractivity contribution is 5.66. The highest BCUT2D eigenvalue weighted by atomic mass is 16.5. The van der Waals surface area contributed by atoms with Crippen LogP contribution in [0, 0.1) is 0 Å². The molecular formula is C30H50O5. The lowest BCUT2D eigenvalue weighted by atomic mass is 9.95. The van der Waals surface area contributed by atoms with E-state index in [2.05, 4.69) is 25.1 Å². The Morgan fingerprint density at radius 1 is 0.657 bits per heavy atom. The summed E-state index contributed by atoms with van der Waals surface area (Å²) in [7, 11) is 0. The van der Waals surface area contributed by atoms with Gasteiger partial charge < -0.3 is 14.9 Å². The summed E-state index contributed by atoms with van der Waals surface area (Å²) in [6, 6.07) is 6.55. The number of rotatable bonds is 24. The molecule has 0 aliphatic rings. The third kappa shape index (κ3) is 17.1. The minimum atomic E-state index is -0.686. The predicted molar refractivity (Wildman–Crippen MR) is 143 cm³/mol. The van der Waals surface area contributed by atoms with Crippen LogP contribution in [-0.2, 0) is 22.4 Å². The van der Waals surface area contributed by atoms with Crippen molar-refractivity contribution in [2.24, 2.45) is 0 Å². The number of carboxylic acid groups (broad SMARTS) is 2. The van der Waals surface area contributed by atoms with Gasteiger partial charge in [0.1, 0.15) is 5.75 Å². The van der Waals surface area contributed by atoms with Gasteiger partial charge in [-0.15, -0.1) is 0 Å². The molecule has 1 aromatic carbocycles. The van der Waals surface area contributed by atoms with E-state index >= 15 is 0 Å². The van der Waals surface area contributed by atoms with Crippen LogP contribution >= 0.6 is 0 Å². The van der Waals surface area contributed by atoms with E-state index in [1.807, 2.05) is 0 Å². The van der Waals surface area contributed by atoms with E-state index in [4.69, 9.17) is 14.9 Å². The Kier molecular flexibility index (Phi) is 18.8. The van der Waals surface area contributed by atoms with Crippen molar-refractivity contribution >= 4 is 11.9 Å². The Hall–Kier alpha value is -2.04. The summed E-state index contributed by atoms with van der Waals surface area (Å²) < 4.78 is 6.17. The van der Waals surface area contributed by atoms with Crippen LogP contribution in [0.3, 0.4) is 0 Å². The fourth-order valence-corrected chi connectivity index (χ4v) is 4.53. The standard InChI is InChI=1S/C30H50O5/c1-2-3-25-35-28-22-18-20-26(19-14-10-6-4-8-12-16-23-29(31)32)27(28)21-15-11-7-5-9-13-17-24-30(33)34/h18,20,22H,2-17,19,21,23-25H2,1H3,(H,31,32)(H,33,34). The summed E-state index contributed by atoms with van der Waals surface area (Å²) in [5.74, 6) is -0.300. The van der Waals surface area contributed by atoms with Crippen molar-refractivity contribution < 1.29 is 24.5 Å². The predicted octanol–water partition coefficient (Wildman–Crippen LogP) is 8.36. The highest BCUT2D eigenvalue weighted by Crippen LogP contribution is 2.27. The van der Waals surface area contributed by atoms with E-state index in [0.717, 1.165) is 76.6 Å². The van der Waals surface area contributed by atoms with Crippen molar-refractivity contribution in [2.45, 2.75) is 135 Å². The maximum Gasteiger partial charge on any atom is 0.303 e. The number of hydrogen-bond acceptors (Lipinski definition) is 3. The van der Waals surface area contributed by atoms with Crippen molar-refractivity contribution in [3.05, 3.63) is 29.3 Å². The molecule has 0 aliphatic heterocycles. The van der Waals surface area contributed by atoms with Crippen LogP contribution in [0.15, 0.2) is 18.2 Å². The molecule has 35 heavy (non-hydrogen) atoms. The van der Waals surface area contributed by atoms with E-state index < -0.39 is 11.9 Å². The first-order chi connectivity index (χ1) is 17.0. The summed E-state index contributed by atoms with van der Waals surface area (Å²) in [6.45, 7) is 2.97. The highest BCUT2D eigenvalue weighted by Gasteiger charge is 2.10. The molecule has 0 saturated carbocycles. The first-order valence-corrected chi connectivity index (χ1v) is 14.2. The molecule has 1 rings (SSSR count). The number of aliphatic carboxylic acids is 2. The van der Waals surface area contributed by atoms with Crippen LogP contribution in [0.5, 0.6) is 5.75 Å². The average molecular weight is 491 g/mol. The van der Waals surface area contributed by atoms with E-state index in [9.17, 15) is 9.59 Å². The van der Waals surface area contributed by atoms with Crippen LogP contribution in [0.1, 0.15) is 134 Å². The van der Waals surface area contributed by atoms with Gasteiger partial charge in [-0.05, 0) is 62.1 Å². The monoisotopic (exact) mass is 490 g/mol. The van der Waals surface area contributed by atoms with Gasteiger partial charge in [-0.3, -0.25) is 9.59 Å². The largest absolute Gasteiger partial charge is 0.493 e. The number of unbranched alkanes of at least 4 members (excludes halogenated alkanes) is 13. The SMILES string of the molecule is CCCCOc1cccc(CCCCCCCCCC(=O)O)c1CCCCCCCCCC(=O)O. The third-order valence-electron chi connectivity index (χ3n) is 6.64. The molecule has 1 aromatic rings. The van der Waals surface area contributed by atoms with Crippen molar-refractivity contribution in [3.63, 3.8) is 0 Å². The second kappa shape index (κ2) is 21.3. The van der Waals surface area contributed by atoms with Crippen LogP contribution < -0.4 is 4.74 Å². The molecule has 200 valence electrons. The molecule has 0 aromatic heterocycles. The van der Waals surface area contributed by atoms with Crippen LogP contribution in [0.4, 0.5) is 0 Å². The fourth-order valence-electron chi connectivity index (χ4n) is 4.53. The van der Waals surface area contributed by atoms with Crippen molar-refractivity contribution in [1.82, 2.24) is 0 Å². The number of ether oxygens (including phenoxy) is 1. The second-order valence-corrected chi connectivity index (χ2v) is 9.83. The molecule has 0 spiro atoms. The summed E-state index contributed by atoms with van der Waals surface area (Å²) in [4.78, 5) is 21.2. The van der Waals surface area contributed by atoms with E-state index in [0.29, 0.717) is 12.8 Å². The van der Waals surface area contributed by atoms with Gasteiger partial charge in [0, 0.05) is 12.8 Å². The van der Waals surface area contributed by atoms with Gasteiger partial charge in [0.25, 0.3) is 0 Å². The molecule has 0 unspecified atom stereocenters. The van der Waals surface area contributed by atoms with Crippen molar-refractivity contribution in [2.75, 3.05) is 6.61 Å². The number of benzene rings is 1. The van der Waals surface area contributed by atoms with Gasteiger partial charge in [0.2, 0.25) is 0 Å². The molecule has 0 fully saturated rings. The Bertz CT molecular complexity index is 685. The van der Waals surface area contributed by atoms with E-state index in [1.54, 1.807) is 0 Å². The number of hydrogen-bond donors (Lipinski definition) is 2. The molecule has 5 heteroatoms. The van der Waals surface area contributed by atoms with Gasteiger partial charge in [-0.1, -0.05) is 89.7 Å². The zero-order valence-electron chi connectivity index (χ0n) is 22.2. The molecule has 0 bridgehead atoms. The molecule has 0 heterocycles. The topological polar surface area (TPSA) is 83.8 Å². The van der Waals surface area contributed by atoms with Gasteiger partial charge in [-0.25, -0.2) is 0 Å². The van der Waals surface area contributed by atoms with Crippen LogP contribution in [0.2, 0.25) is 0 Å². The first-order valence-electron chi connectivity index (χ1n) is 14.2. The van der Waals surface area contributed by atoms with Gasteiger partial charge in [0.15, 0.2) is 0 Å². The number of carboxylic acids is 2. The lowest BCUT2D eigenvalue weighted by molar-refractivity contribution is -0.138. The lowest BCUT2D eigenvalue weighted by Crippen LogP contribution is -2.03. The number of carbonyl (C=O) groups is 2. The van der Waals surface area contributed by atoms with Gasteiger partial charge in [0.05, 0.1) is 6.61 Å². The van der Waals surface area contributed by atoms with Crippen LogP contribution in [0.25, 0.3) is 0 Å². The summed E-state index contributed by atoms with van der Waals surface area (Å²) >= 11 is 0. The quantitative estimate of drug-likeness (QED) is 0.142. The summed E-state index contributed by atoms with van der Waals surface area (Å²) in [6.07, 6.45) is 20.5. The minimum absolute atomic E-state index is 0.296. The zero-order chi connectivity index (χ0) is 25.6. The summed E-state index contributed by atoms with van der Waals surface area (Å²) in [5.41, 5.74) is 2.84. The molecule has 0 atom stereocenters. The normalized spacial score (nSPS) is 11.0. The lowest BCUT2D eigenvalue weighted by Gasteiger charge is -2.16. The average Bonchev–Trinajstić information content (AvgIpc) is 2.82. The maximum atomic E-state index is 10.6. The Balaban J connectivity index is 2.39. The molecule has 2 N–H and O–H groups in total. The Labute approximate surface area is 213 Å². The fraction of sp³-hybridized carbons (Fsp3) is 0.733. The molecule has 0 saturated heterocycles. The molecular weight excluding hydrogens is 440 g/mol. The minimum Gasteiger partial charge on any atom is -0.493 e. The Morgan fingerprint density at radius 3 is 1.66 bits per heavy atom. The third-order valence-corrected chi connectivity index (χ3v) is 6.64. The van der Waals surface area contributed by atoms with Crippen LogP contribution in [-0.4, -0.2) is 28.8 Å². The molecule has 0 amide bonds. The molecule has 5 nitrogen and oxygen atoms in total. The van der Waals surface area contributed by atoms with Crippen molar-refractivity contribution in [1.29, 1.82) is 0 Å². The van der Waals surface area contributed by atoms with Crippen molar-refractivity contribution in [3.8, 4) is 5.75 Å². The molecule has 0 aliphatic carbocycles.